The van der Waals surface area contributed by atoms with Crippen molar-refractivity contribution in [3.8, 4) is 0 Å². The van der Waals surface area contributed by atoms with Crippen LogP contribution in [0.5, 0.6) is 0 Å². The molecule has 0 saturated heterocycles. The van der Waals surface area contributed by atoms with Gasteiger partial charge in [-0.25, -0.2) is 4.98 Å². The van der Waals surface area contributed by atoms with Crippen LogP contribution in [0, 0.1) is 5.92 Å². The number of carbonyl (C=O) groups is 1. The van der Waals surface area contributed by atoms with Crippen LogP contribution in [0.2, 0.25) is 0 Å². The topological polar surface area (TPSA) is 102 Å². The van der Waals surface area contributed by atoms with Crippen LogP contribution in [0.25, 0.3) is 0 Å². The van der Waals surface area contributed by atoms with Crippen molar-refractivity contribution in [3.63, 3.8) is 0 Å². The van der Waals surface area contributed by atoms with E-state index in [2.05, 4.69) is 4.98 Å². The Morgan fingerprint density at radius 2 is 2.00 bits per heavy atom. The van der Waals surface area contributed by atoms with Crippen molar-refractivity contribution in [2.75, 3.05) is 5.73 Å². The lowest BCUT2D eigenvalue weighted by Gasteiger charge is -2.25. The zero-order chi connectivity index (χ0) is 13.1. The van der Waals surface area contributed by atoms with Crippen LogP contribution < -0.4 is 11.5 Å². The monoisotopic (exact) mass is 249 g/mol. The van der Waals surface area contributed by atoms with Crippen molar-refractivity contribution in [3.05, 3.63) is 23.5 Å². The van der Waals surface area contributed by atoms with Crippen LogP contribution in [0.15, 0.2) is 12.1 Å². The lowest BCUT2D eigenvalue weighted by molar-refractivity contribution is 0.0996. The molecule has 1 aromatic heterocycles. The minimum absolute atomic E-state index is 0.151. The Morgan fingerprint density at radius 3 is 2.61 bits per heavy atom. The molecule has 0 unspecified atom stereocenters. The van der Waals surface area contributed by atoms with E-state index in [4.69, 9.17) is 11.5 Å². The first-order chi connectivity index (χ1) is 8.56. The lowest BCUT2D eigenvalue weighted by Crippen LogP contribution is -2.21. The van der Waals surface area contributed by atoms with E-state index in [0.717, 1.165) is 37.8 Å². The third kappa shape index (κ3) is 2.98. The van der Waals surface area contributed by atoms with E-state index >= 15 is 0 Å². The maximum Gasteiger partial charge on any atom is 0.269 e. The number of hydrogen-bond acceptors (Lipinski definition) is 4. The van der Waals surface area contributed by atoms with Gasteiger partial charge >= 0.3 is 0 Å². The first-order valence-corrected chi connectivity index (χ1v) is 6.29. The molecule has 0 spiro atoms. The normalized spacial score (nSPS) is 23.8. The van der Waals surface area contributed by atoms with E-state index in [1.807, 2.05) is 6.07 Å². The fraction of sp³-hybridized carbons (Fsp3) is 0.538. The van der Waals surface area contributed by atoms with Crippen molar-refractivity contribution >= 4 is 11.6 Å². The summed E-state index contributed by atoms with van der Waals surface area (Å²) >= 11 is 0. The highest BCUT2D eigenvalue weighted by Crippen LogP contribution is 2.27. The van der Waals surface area contributed by atoms with Crippen molar-refractivity contribution < 1.29 is 9.90 Å². The van der Waals surface area contributed by atoms with E-state index in [0.29, 0.717) is 11.6 Å². The van der Waals surface area contributed by atoms with Gasteiger partial charge in [-0.1, -0.05) is 0 Å². The number of nitrogen functional groups attached to an aromatic ring is 1. The summed E-state index contributed by atoms with van der Waals surface area (Å²) in [5, 5.41) is 9.45. The molecule has 1 saturated carbocycles. The summed E-state index contributed by atoms with van der Waals surface area (Å²) < 4.78 is 0. The van der Waals surface area contributed by atoms with Gasteiger partial charge in [0, 0.05) is 5.69 Å². The maximum absolute atomic E-state index is 11.2. The molecule has 0 aliphatic heterocycles. The van der Waals surface area contributed by atoms with Crippen molar-refractivity contribution in [2.24, 2.45) is 11.7 Å². The summed E-state index contributed by atoms with van der Waals surface area (Å²) in [6.07, 6.45) is 4.36. The SMILES string of the molecule is NC(=O)c1nc(CC2CCC(O)CC2)ccc1N. The van der Waals surface area contributed by atoms with Gasteiger partial charge in [-0.15, -0.1) is 0 Å². The molecule has 5 N–H and O–H groups in total. The average molecular weight is 249 g/mol. The second-order valence-electron chi connectivity index (χ2n) is 4.98. The van der Waals surface area contributed by atoms with Crippen LogP contribution in [-0.4, -0.2) is 22.1 Å². The lowest BCUT2D eigenvalue weighted by atomic mass is 9.84. The average Bonchev–Trinajstić information content (AvgIpc) is 2.34. The van der Waals surface area contributed by atoms with Gasteiger partial charge in [0.2, 0.25) is 0 Å². The predicted octanol–water partition coefficient (Wildman–Crippen LogP) is 0.856. The number of nitrogens with two attached hydrogens (primary N) is 2. The Bertz CT molecular complexity index is 440. The minimum atomic E-state index is -0.589. The van der Waals surface area contributed by atoms with E-state index in [-0.39, 0.29) is 11.8 Å². The standard InChI is InChI=1S/C13H19N3O2/c14-11-6-3-9(16-12(11)13(15)18)7-8-1-4-10(17)5-2-8/h3,6,8,10,17H,1-2,4-5,7,14H2,(H2,15,18). The molecular formula is C13H19N3O2. The van der Waals surface area contributed by atoms with Crippen LogP contribution in [0.3, 0.4) is 0 Å². The Balaban J connectivity index is 2.05. The number of amides is 1. The van der Waals surface area contributed by atoms with Crippen LogP contribution in [0.4, 0.5) is 5.69 Å². The molecule has 5 heteroatoms. The summed E-state index contributed by atoms with van der Waals surface area (Å²) in [5.41, 5.74) is 12.2. The largest absolute Gasteiger partial charge is 0.397 e. The molecule has 0 bridgehead atoms. The van der Waals surface area contributed by atoms with Gasteiger partial charge in [-0.3, -0.25) is 4.79 Å². The first kappa shape index (κ1) is 12.8. The van der Waals surface area contributed by atoms with Gasteiger partial charge in [-0.05, 0) is 50.2 Å². The molecule has 1 aliphatic carbocycles. The summed E-state index contributed by atoms with van der Waals surface area (Å²) in [5.74, 6) is -0.0707. The molecule has 1 aromatic rings. The number of anilines is 1. The zero-order valence-corrected chi connectivity index (χ0v) is 10.3. The summed E-state index contributed by atoms with van der Waals surface area (Å²) in [6, 6.07) is 3.52. The Morgan fingerprint density at radius 1 is 1.33 bits per heavy atom. The molecule has 0 radical (unpaired) electrons. The van der Waals surface area contributed by atoms with Gasteiger partial charge in [0.25, 0.3) is 5.91 Å². The van der Waals surface area contributed by atoms with Crippen LogP contribution in [0.1, 0.15) is 41.9 Å². The summed E-state index contributed by atoms with van der Waals surface area (Å²) in [7, 11) is 0. The van der Waals surface area contributed by atoms with E-state index in [1.165, 1.54) is 0 Å². The molecule has 18 heavy (non-hydrogen) atoms. The molecule has 5 nitrogen and oxygen atoms in total. The quantitative estimate of drug-likeness (QED) is 0.739. The number of nitrogens with zero attached hydrogens (tertiary/aromatic N) is 1. The zero-order valence-electron chi connectivity index (χ0n) is 10.3. The third-order valence-corrected chi connectivity index (χ3v) is 3.53. The number of rotatable bonds is 3. The number of primary amides is 1. The third-order valence-electron chi connectivity index (χ3n) is 3.53. The molecule has 98 valence electrons. The number of aromatic nitrogens is 1. The van der Waals surface area contributed by atoms with Gasteiger partial charge in [0.05, 0.1) is 11.8 Å². The predicted molar refractivity (Wildman–Crippen MR) is 68.8 cm³/mol. The molecule has 2 rings (SSSR count). The number of aliphatic hydroxyl groups excluding tert-OH is 1. The van der Waals surface area contributed by atoms with Crippen LogP contribution in [-0.2, 0) is 6.42 Å². The van der Waals surface area contributed by atoms with Gasteiger partial charge < -0.3 is 16.6 Å². The molecule has 1 heterocycles. The molecule has 1 fully saturated rings. The highest BCUT2D eigenvalue weighted by Gasteiger charge is 2.20. The first-order valence-electron chi connectivity index (χ1n) is 6.29. The highest BCUT2D eigenvalue weighted by atomic mass is 16.3. The summed E-state index contributed by atoms with van der Waals surface area (Å²) in [6.45, 7) is 0. The number of carbonyl (C=O) groups excluding carboxylic acids is 1. The molecule has 0 aromatic carbocycles. The van der Waals surface area contributed by atoms with Gasteiger partial charge in [0.15, 0.2) is 5.69 Å². The van der Waals surface area contributed by atoms with E-state index in [9.17, 15) is 9.90 Å². The van der Waals surface area contributed by atoms with Gasteiger partial charge in [-0.2, -0.15) is 0 Å². The fourth-order valence-corrected chi connectivity index (χ4v) is 2.47. The Hall–Kier alpha value is -1.62. The van der Waals surface area contributed by atoms with E-state index < -0.39 is 5.91 Å². The van der Waals surface area contributed by atoms with Crippen LogP contribution >= 0.6 is 0 Å². The second kappa shape index (κ2) is 5.35. The maximum atomic E-state index is 11.2. The van der Waals surface area contributed by atoms with Crippen molar-refractivity contribution in [1.82, 2.24) is 4.98 Å². The Kier molecular flexibility index (Phi) is 3.81. The molecular weight excluding hydrogens is 230 g/mol. The van der Waals surface area contributed by atoms with Crippen molar-refractivity contribution in [2.45, 2.75) is 38.2 Å². The Labute approximate surface area is 106 Å². The minimum Gasteiger partial charge on any atom is -0.397 e. The van der Waals surface area contributed by atoms with Crippen molar-refractivity contribution in [1.29, 1.82) is 0 Å². The molecule has 1 amide bonds. The number of pyridine rings is 1. The number of hydrogen-bond donors (Lipinski definition) is 3. The molecule has 1 aliphatic rings. The summed E-state index contributed by atoms with van der Waals surface area (Å²) in [4.78, 5) is 15.4. The fourth-order valence-electron chi connectivity index (χ4n) is 2.47. The van der Waals surface area contributed by atoms with Gasteiger partial charge in [0.1, 0.15) is 0 Å². The highest BCUT2D eigenvalue weighted by molar-refractivity contribution is 5.95. The number of aliphatic hydroxyl groups is 1. The van der Waals surface area contributed by atoms with E-state index in [1.54, 1.807) is 6.07 Å². The molecule has 0 atom stereocenters. The smallest absolute Gasteiger partial charge is 0.269 e. The second-order valence-corrected chi connectivity index (χ2v) is 4.98.